The molecule has 3 rings (SSSR count). The van der Waals surface area contributed by atoms with Crippen molar-refractivity contribution < 1.29 is 9.59 Å². The van der Waals surface area contributed by atoms with Crippen molar-refractivity contribution in [1.82, 2.24) is 10.3 Å². The summed E-state index contributed by atoms with van der Waals surface area (Å²) < 4.78 is 0. The minimum absolute atomic E-state index is 0.0604. The van der Waals surface area contributed by atoms with Crippen LogP contribution in [0.2, 0.25) is 0 Å². The van der Waals surface area contributed by atoms with Crippen LogP contribution in [0.5, 0.6) is 0 Å². The van der Waals surface area contributed by atoms with E-state index in [1.165, 1.54) is 0 Å². The van der Waals surface area contributed by atoms with Crippen molar-refractivity contribution >= 4 is 23.2 Å². The summed E-state index contributed by atoms with van der Waals surface area (Å²) in [6, 6.07) is 8.78. The standard InChI is InChI=1S/C19H22N4O2/c1-3-12(2)17-19(25)23-16-9-14(6-7-15(16)22-17)18(24)21-11-13-5-4-8-20-10-13/h4-10,12,17,22H,3,11H2,1-2H3,(H,21,24)(H,23,25). The molecule has 25 heavy (non-hydrogen) atoms. The lowest BCUT2D eigenvalue weighted by molar-refractivity contribution is -0.118. The molecule has 130 valence electrons. The number of carbonyl (C=O) groups is 2. The topological polar surface area (TPSA) is 83.1 Å². The zero-order chi connectivity index (χ0) is 17.8. The van der Waals surface area contributed by atoms with Crippen molar-refractivity contribution in [3.05, 3.63) is 53.9 Å². The van der Waals surface area contributed by atoms with E-state index < -0.39 is 0 Å². The highest BCUT2D eigenvalue weighted by molar-refractivity contribution is 6.05. The molecule has 2 heterocycles. The Labute approximate surface area is 147 Å². The second-order valence-corrected chi connectivity index (χ2v) is 6.30. The lowest BCUT2D eigenvalue weighted by Crippen LogP contribution is -2.43. The maximum Gasteiger partial charge on any atom is 0.251 e. The largest absolute Gasteiger partial charge is 0.372 e. The number of rotatable bonds is 5. The maximum atomic E-state index is 12.3. The van der Waals surface area contributed by atoms with Crippen molar-refractivity contribution in [2.45, 2.75) is 32.9 Å². The van der Waals surface area contributed by atoms with E-state index in [2.05, 4.69) is 27.9 Å². The van der Waals surface area contributed by atoms with Crippen LogP contribution in [0.4, 0.5) is 11.4 Å². The molecule has 1 aromatic carbocycles. The van der Waals surface area contributed by atoms with Crippen LogP contribution in [-0.4, -0.2) is 22.8 Å². The molecule has 2 aromatic rings. The molecule has 3 N–H and O–H groups in total. The average molecular weight is 338 g/mol. The summed E-state index contributed by atoms with van der Waals surface area (Å²) in [5, 5.41) is 9.03. The van der Waals surface area contributed by atoms with Crippen LogP contribution in [0.1, 0.15) is 36.2 Å². The first-order valence-electron chi connectivity index (χ1n) is 8.47. The highest BCUT2D eigenvalue weighted by Gasteiger charge is 2.29. The van der Waals surface area contributed by atoms with Crippen LogP contribution >= 0.6 is 0 Å². The van der Waals surface area contributed by atoms with Crippen LogP contribution in [-0.2, 0) is 11.3 Å². The number of hydrogen-bond donors (Lipinski definition) is 3. The van der Waals surface area contributed by atoms with Gasteiger partial charge < -0.3 is 16.0 Å². The van der Waals surface area contributed by atoms with Crippen LogP contribution in [0.15, 0.2) is 42.7 Å². The minimum atomic E-state index is -0.247. The third-order valence-corrected chi connectivity index (χ3v) is 4.52. The maximum absolute atomic E-state index is 12.3. The van der Waals surface area contributed by atoms with E-state index in [1.54, 1.807) is 24.5 Å². The number of anilines is 2. The molecule has 6 heteroatoms. The highest BCUT2D eigenvalue weighted by atomic mass is 16.2. The van der Waals surface area contributed by atoms with Gasteiger partial charge in [-0.05, 0) is 35.7 Å². The lowest BCUT2D eigenvalue weighted by atomic mass is 9.95. The van der Waals surface area contributed by atoms with Crippen molar-refractivity contribution in [2.75, 3.05) is 10.6 Å². The number of amides is 2. The summed E-state index contributed by atoms with van der Waals surface area (Å²) in [6.07, 6.45) is 4.32. The fourth-order valence-corrected chi connectivity index (χ4v) is 2.78. The molecule has 0 aliphatic carbocycles. The van der Waals surface area contributed by atoms with Crippen molar-refractivity contribution in [3.63, 3.8) is 0 Å². The number of hydrogen-bond acceptors (Lipinski definition) is 4. The molecule has 0 saturated carbocycles. The number of pyridine rings is 1. The van der Waals surface area contributed by atoms with Gasteiger partial charge in [0.15, 0.2) is 0 Å². The van der Waals surface area contributed by atoms with Gasteiger partial charge in [0.05, 0.1) is 11.4 Å². The Morgan fingerprint density at radius 1 is 1.32 bits per heavy atom. The van der Waals surface area contributed by atoms with Crippen molar-refractivity contribution in [2.24, 2.45) is 5.92 Å². The van der Waals surface area contributed by atoms with Crippen LogP contribution in [0.3, 0.4) is 0 Å². The Bertz CT molecular complexity index is 776. The molecule has 0 spiro atoms. The number of fused-ring (bicyclic) bond motifs is 1. The minimum Gasteiger partial charge on any atom is -0.372 e. The first kappa shape index (κ1) is 17.0. The van der Waals surface area contributed by atoms with E-state index in [0.717, 1.165) is 17.7 Å². The molecule has 1 aliphatic rings. The SMILES string of the molecule is CCC(C)C1Nc2ccc(C(=O)NCc3cccnc3)cc2NC1=O. The molecule has 6 nitrogen and oxygen atoms in total. The summed E-state index contributed by atoms with van der Waals surface area (Å²) in [6.45, 7) is 4.51. The van der Waals surface area contributed by atoms with Crippen LogP contribution in [0, 0.1) is 5.92 Å². The fourth-order valence-electron chi connectivity index (χ4n) is 2.78. The van der Waals surface area contributed by atoms with Gasteiger partial charge in [-0.15, -0.1) is 0 Å². The predicted octanol–water partition coefficient (Wildman–Crippen LogP) is 2.79. The van der Waals surface area contributed by atoms with Crippen molar-refractivity contribution in [3.8, 4) is 0 Å². The normalized spacial score (nSPS) is 17.0. The second kappa shape index (κ2) is 7.34. The third kappa shape index (κ3) is 3.79. The lowest BCUT2D eigenvalue weighted by Gasteiger charge is -2.30. The molecular weight excluding hydrogens is 316 g/mol. The van der Waals surface area contributed by atoms with E-state index in [9.17, 15) is 9.59 Å². The summed E-state index contributed by atoms with van der Waals surface area (Å²) in [7, 11) is 0. The molecular formula is C19H22N4O2. The van der Waals surface area contributed by atoms with Gasteiger partial charge in [-0.1, -0.05) is 26.3 Å². The summed E-state index contributed by atoms with van der Waals surface area (Å²) in [5.74, 6) is -0.0182. The molecule has 0 fully saturated rings. The average Bonchev–Trinajstić information content (AvgIpc) is 2.65. The van der Waals surface area contributed by atoms with Gasteiger partial charge in [0.2, 0.25) is 5.91 Å². The quantitative estimate of drug-likeness (QED) is 0.783. The van der Waals surface area contributed by atoms with E-state index in [1.807, 2.05) is 25.1 Å². The van der Waals surface area contributed by atoms with Gasteiger partial charge >= 0.3 is 0 Å². The van der Waals surface area contributed by atoms with Crippen LogP contribution in [0.25, 0.3) is 0 Å². The fraction of sp³-hybridized carbons (Fsp3) is 0.316. The Morgan fingerprint density at radius 3 is 2.88 bits per heavy atom. The number of nitrogens with zero attached hydrogens (tertiary/aromatic N) is 1. The smallest absolute Gasteiger partial charge is 0.251 e. The summed E-state index contributed by atoms with van der Waals surface area (Å²) >= 11 is 0. The van der Waals surface area contributed by atoms with Gasteiger partial charge in [0, 0.05) is 24.5 Å². The van der Waals surface area contributed by atoms with E-state index in [-0.39, 0.29) is 23.8 Å². The monoisotopic (exact) mass is 338 g/mol. The Hall–Kier alpha value is -2.89. The predicted molar refractivity (Wildman–Crippen MR) is 97.3 cm³/mol. The summed E-state index contributed by atoms with van der Waals surface area (Å²) in [5.41, 5.74) is 2.92. The Morgan fingerprint density at radius 2 is 2.16 bits per heavy atom. The zero-order valence-corrected chi connectivity index (χ0v) is 14.4. The van der Waals surface area contributed by atoms with Gasteiger partial charge in [-0.25, -0.2) is 0 Å². The Kier molecular flexibility index (Phi) is 4.97. The zero-order valence-electron chi connectivity index (χ0n) is 14.4. The summed E-state index contributed by atoms with van der Waals surface area (Å²) in [4.78, 5) is 28.6. The first-order valence-corrected chi connectivity index (χ1v) is 8.47. The highest BCUT2D eigenvalue weighted by Crippen LogP contribution is 2.30. The number of benzene rings is 1. The third-order valence-electron chi connectivity index (χ3n) is 4.52. The first-order chi connectivity index (χ1) is 12.1. The Balaban J connectivity index is 1.70. The second-order valence-electron chi connectivity index (χ2n) is 6.30. The van der Waals surface area contributed by atoms with E-state index in [4.69, 9.17) is 0 Å². The van der Waals surface area contributed by atoms with Gasteiger partial charge in [-0.3, -0.25) is 14.6 Å². The van der Waals surface area contributed by atoms with E-state index >= 15 is 0 Å². The molecule has 0 saturated heterocycles. The number of aromatic nitrogens is 1. The van der Waals surface area contributed by atoms with Crippen molar-refractivity contribution in [1.29, 1.82) is 0 Å². The van der Waals surface area contributed by atoms with Gasteiger partial charge in [0.1, 0.15) is 6.04 Å². The van der Waals surface area contributed by atoms with Crippen LogP contribution < -0.4 is 16.0 Å². The molecule has 2 amide bonds. The molecule has 2 unspecified atom stereocenters. The van der Waals surface area contributed by atoms with E-state index in [0.29, 0.717) is 17.8 Å². The molecule has 0 radical (unpaired) electrons. The number of carbonyl (C=O) groups excluding carboxylic acids is 2. The molecule has 1 aromatic heterocycles. The molecule has 1 aliphatic heterocycles. The van der Waals surface area contributed by atoms with Gasteiger partial charge in [-0.2, -0.15) is 0 Å². The van der Waals surface area contributed by atoms with Gasteiger partial charge in [0.25, 0.3) is 5.91 Å². The molecule has 2 atom stereocenters. The number of nitrogens with one attached hydrogen (secondary N) is 3. The molecule has 0 bridgehead atoms.